The molecule has 1 aliphatic rings. The van der Waals surface area contributed by atoms with Crippen LogP contribution in [0.25, 0.3) is 10.9 Å². The molecule has 1 N–H and O–H groups in total. The Bertz CT molecular complexity index is 739. The minimum absolute atomic E-state index is 0.0108. The molecule has 0 saturated heterocycles. The van der Waals surface area contributed by atoms with E-state index in [0.29, 0.717) is 10.6 Å². The van der Waals surface area contributed by atoms with Crippen LogP contribution in [0.4, 0.5) is 20.3 Å². The van der Waals surface area contributed by atoms with Crippen LogP contribution >= 0.6 is 23.5 Å². The van der Waals surface area contributed by atoms with Crippen molar-refractivity contribution in [3.05, 3.63) is 27.3 Å². The fraction of sp³-hybridized carbons (Fsp3) is 0.562. The van der Waals surface area contributed by atoms with Crippen molar-refractivity contribution in [3.63, 3.8) is 0 Å². The maximum atomic E-state index is 12.7. The van der Waals surface area contributed by atoms with Crippen molar-refractivity contribution < 1.29 is 13.7 Å². The summed E-state index contributed by atoms with van der Waals surface area (Å²) in [7, 11) is 0. The van der Waals surface area contributed by atoms with Gasteiger partial charge in [-0.1, -0.05) is 39.3 Å². The maximum absolute atomic E-state index is 12.7. The normalized spacial score (nSPS) is 12.9. The quantitative estimate of drug-likeness (QED) is 0.353. The van der Waals surface area contributed by atoms with Gasteiger partial charge in [0.1, 0.15) is 12.1 Å². The summed E-state index contributed by atoms with van der Waals surface area (Å²) in [5, 5.41) is 16.2. The summed E-state index contributed by atoms with van der Waals surface area (Å²) in [4.78, 5) is 10.5. The Kier molecular flexibility index (Phi) is 9.07. The van der Waals surface area contributed by atoms with Crippen LogP contribution in [-0.2, 0) is 6.54 Å². The van der Waals surface area contributed by atoms with Gasteiger partial charge in [-0.25, -0.2) is 13.5 Å². The van der Waals surface area contributed by atoms with Crippen molar-refractivity contribution >= 4 is 46.0 Å². The number of nitrogens with zero attached hydrogens (tertiary/aromatic N) is 3. The Morgan fingerprint density at radius 2 is 2.00 bits per heavy atom. The van der Waals surface area contributed by atoms with Gasteiger partial charge in [0.25, 0.3) is 12.1 Å². The molecule has 1 aliphatic carbocycles. The third kappa shape index (κ3) is 5.44. The van der Waals surface area contributed by atoms with Crippen LogP contribution < -0.4 is 4.72 Å². The number of alkyl halides is 2. The zero-order valence-corrected chi connectivity index (χ0v) is 16.7. The number of hydrogen-bond donors (Lipinski definition) is 1. The second kappa shape index (κ2) is 10.5. The second-order valence-electron chi connectivity index (χ2n) is 4.89. The topological polar surface area (TPSA) is 73.0 Å². The summed E-state index contributed by atoms with van der Waals surface area (Å²) in [5.74, 6) is 0.279. The highest BCUT2D eigenvalue weighted by Crippen LogP contribution is 2.40. The average Bonchev–Trinajstić information content (AvgIpc) is 3.39. The number of fused-ring (bicyclic) bond motifs is 1. The van der Waals surface area contributed by atoms with Gasteiger partial charge in [-0.3, -0.25) is 10.1 Å². The molecule has 1 saturated carbocycles. The Labute approximate surface area is 160 Å². The predicted molar refractivity (Wildman–Crippen MR) is 104 cm³/mol. The van der Waals surface area contributed by atoms with E-state index in [2.05, 4.69) is 9.82 Å². The van der Waals surface area contributed by atoms with E-state index in [4.69, 9.17) is 11.6 Å². The highest BCUT2D eigenvalue weighted by Gasteiger charge is 2.27. The van der Waals surface area contributed by atoms with E-state index in [1.165, 1.54) is 24.1 Å². The van der Waals surface area contributed by atoms with Gasteiger partial charge in [0, 0.05) is 11.3 Å². The van der Waals surface area contributed by atoms with Gasteiger partial charge in [-0.2, -0.15) is 5.10 Å². The van der Waals surface area contributed by atoms with Gasteiger partial charge in [-0.05, 0) is 30.9 Å². The van der Waals surface area contributed by atoms with Crippen molar-refractivity contribution in [1.82, 2.24) is 9.78 Å². The molecule has 0 bridgehead atoms. The smallest absolute Gasteiger partial charge is 0.295 e. The summed E-state index contributed by atoms with van der Waals surface area (Å²) in [5.41, 5.74) is -0.284. The van der Waals surface area contributed by atoms with E-state index in [-0.39, 0.29) is 22.0 Å². The van der Waals surface area contributed by atoms with Crippen LogP contribution in [0.5, 0.6) is 0 Å². The fourth-order valence-corrected chi connectivity index (χ4v) is 3.10. The second-order valence-corrected chi connectivity index (χ2v) is 6.40. The average molecular weight is 409 g/mol. The van der Waals surface area contributed by atoms with Gasteiger partial charge in [0.2, 0.25) is 0 Å². The standard InChI is InChI=1S/C12H11ClF2N4O2S.2C2H6/c13-7-3-4-8(19(20)21)11-10(7)12(17-22-6-1-2-6)16-18(11)5-9(14)15;2*1-2/h3-4,6,9H,1-2,5H2,(H,16,17);2*1-2H3. The first-order chi connectivity index (χ1) is 12.5. The zero-order chi connectivity index (χ0) is 19.9. The van der Waals surface area contributed by atoms with Gasteiger partial charge >= 0.3 is 0 Å². The molecule has 3 rings (SSSR count). The molecule has 0 amide bonds. The number of anilines is 1. The van der Waals surface area contributed by atoms with Gasteiger partial charge < -0.3 is 4.72 Å². The third-order valence-electron chi connectivity index (χ3n) is 3.18. The largest absolute Gasteiger partial charge is 0.312 e. The molecule has 0 atom stereocenters. The molecule has 6 nitrogen and oxygen atoms in total. The SMILES string of the molecule is CC.CC.O=[N+]([O-])c1ccc(Cl)c2c(NSC3CC3)nn(CC(F)F)c12. The lowest BCUT2D eigenvalue weighted by molar-refractivity contribution is -0.383. The minimum atomic E-state index is -2.68. The minimum Gasteiger partial charge on any atom is -0.312 e. The molecule has 1 aromatic heterocycles. The molecule has 0 unspecified atom stereocenters. The van der Waals surface area contributed by atoms with Crippen molar-refractivity contribution in [3.8, 4) is 0 Å². The lowest BCUT2D eigenvalue weighted by atomic mass is 10.2. The van der Waals surface area contributed by atoms with Crippen LogP contribution in [0.15, 0.2) is 12.1 Å². The number of halogens is 3. The van der Waals surface area contributed by atoms with E-state index >= 15 is 0 Å². The monoisotopic (exact) mass is 408 g/mol. The molecule has 10 heteroatoms. The fourth-order valence-electron chi connectivity index (χ4n) is 2.07. The van der Waals surface area contributed by atoms with Crippen LogP contribution in [-0.4, -0.2) is 26.4 Å². The first-order valence-electron chi connectivity index (χ1n) is 8.50. The van der Waals surface area contributed by atoms with Gasteiger partial charge in [0.05, 0.1) is 15.3 Å². The lowest BCUT2D eigenvalue weighted by Gasteiger charge is -2.03. The van der Waals surface area contributed by atoms with E-state index in [0.717, 1.165) is 17.5 Å². The zero-order valence-electron chi connectivity index (χ0n) is 15.1. The first-order valence-corrected chi connectivity index (χ1v) is 9.76. The van der Waals surface area contributed by atoms with Crippen molar-refractivity contribution in [1.29, 1.82) is 0 Å². The molecule has 0 radical (unpaired) electrons. The molecule has 1 fully saturated rings. The summed E-state index contributed by atoms with van der Waals surface area (Å²) >= 11 is 7.53. The number of benzene rings is 1. The number of aromatic nitrogens is 2. The molecule has 1 aromatic carbocycles. The Balaban J connectivity index is 0.000000791. The Hall–Kier alpha value is -1.61. The summed E-state index contributed by atoms with van der Waals surface area (Å²) in [6, 6.07) is 2.58. The molecule has 1 heterocycles. The van der Waals surface area contributed by atoms with Crippen molar-refractivity contribution in [2.75, 3.05) is 4.72 Å². The van der Waals surface area contributed by atoms with Gasteiger partial charge in [-0.15, -0.1) is 0 Å². The number of hydrogen-bond acceptors (Lipinski definition) is 5. The lowest BCUT2D eigenvalue weighted by Crippen LogP contribution is -2.09. The van der Waals surface area contributed by atoms with E-state index in [1.807, 2.05) is 27.7 Å². The number of nitro benzene ring substituents is 1. The van der Waals surface area contributed by atoms with E-state index in [1.54, 1.807) is 0 Å². The van der Waals surface area contributed by atoms with E-state index in [9.17, 15) is 18.9 Å². The van der Waals surface area contributed by atoms with E-state index < -0.39 is 17.9 Å². The van der Waals surface area contributed by atoms with Gasteiger partial charge in [0.15, 0.2) is 5.82 Å². The number of non-ortho nitro benzene ring substituents is 1. The number of nitrogens with one attached hydrogen (secondary N) is 1. The van der Waals surface area contributed by atoms with Crippen molar-refractivity contribution in [2.24, 2.45) is 0 Å². The summed E-state index contributed by atoms with van der Waals surface area (Å²) in [6.07, 6.45) is -0.534. The highest BCUT2D eigenvalue weighted by molar-refractivity contribution is 8.01. The maximum Gasteiger partial charge on any atom is 0.295 e. The number of rotatable bonds is 6. The van der Waals surface area contributed by atoms with Crippen LogP contribution in [0, 0.1) is 10.1 Å². The molecule has 2 aromatic rings. The Morgan fingerprint density at radius 1 is 1.38 bits per heavy atom. The van der Waals surface area contributed by atoms with Crippen LogP contribution in [0.1, 0.15) is 40.5 Å². The molecule has 26 heavy (non-hydrogen) atoms. The molecular weight excluding hydrogens is 386 g/mol. The number of nitro groups is 1. The third-order valence-corrected chi connectivity index (χ3v) is 4.61. The van der Waals surface area contributed by atoms with Crippen molar-refractivity contribution in [2.45, 2.75) is 58.8 Å². The molecular formula is C16H23ClF2N4O2S. The molecule has 0 aliphatic heterocycles. The molecule has 0 spiro atoms. The summed E-state index contributed by atoms with van der Waals surface area (Å²) in [6.45, 7) is 7.27. The highest BCUT2D eigenvalue weighted by atomic mass is 35.5. The molecule has 146 valence electrons. The predicted octanol–water partition coefficient (Wildman–Crippen LogP) is 6.14. The van der Waals surface area contributed by atoms with Crippen LogP contribution in [0.3, 0.4) is 0 Å². The Morgan fingerprint density at radius 3 is 2.50 bits per heavy atom. The van der Waals surface area contributed by atoms with Crippen LogP contribution in [0.2, 0.25) is 5.02 Å². The summed E-state index contributed by atoms with van der Waals surface area (Å²) < 4.78 is 29.4. The first kappa shape index (κ1) is 22.4.